The number of rotatable bonds is 2. The Hall–Kier alpha value is -2.38. The molecule has 2 aromatic rings. The topological polar surface area (TPSA) is 32.3 Å². The SMILES string of the molecule is Fc1ccccc1N1CCN(c2nccc(C(F)(F)F)n2)CC1. The largest absolute Gasteiger partial charge is 0.433 e. The lowest BCUT2D eigenvalue weighted by atomic mass is 10.2. The normalized spacial score (nSPS) is 15.8. The van der Waals surface area contributed by atoms with E-state index in [1.807, 2.05) is 4.90 Å². The molecule has 0 unspecified atom stereocenters. The van der Waals surface area contributed by atoms with Crippen molar-refractivity contribution >= 4 is 11.6 Å². The summed E-state index contributed by atoms with van der Waals surface area (Å²) in [6.45, 7) is 1.83. The number of piperazine rings is 1. The Labute approximate surface area is 130 Å². The summed E-state index contributed by atoms with van der Waals surface area (Å²) in [6.07, 6.45) is -3.39. The van der Waals surface area contributed by atoms with E-state index in [9.17, 15) is 17.6 Å². The quantitative estimate of drug-likeness (QED) is 0.794. The molecule has 1 aliphatic rings. The molecule has 1 aliphatic heterocycles. The van der Waals surface area contributed by atoms with Crippen molar-refractivity contribution in [3.63, 3.8) is 0 Å². The second-order valence-electron chi connectivity index (χ2n) is 5.17. The molecule has 1 fully saturated rings. The van der Waals surface area contributed by atoms with Crippen LogP contribution in [-0.4, -0.2) is 36.1 Å². The van der Waals surface area contributed by atoms with Crippen LogP contribution in [0.1, 0.15) is 5.69 Å². The first-order valence-electron chi connectivity index (χ1n) is 7.10. The minimum atomic E-state index is -4.49. The third-order valence-corrected chi connectivity index (χ3v) is 3.69. The fourth-order valence-electron chi connectivity index (χ4n) is 2.51. The van der Waals surface area contributed by atoms with Crippen LogP contribution in [-0.2, 0) is 6.18 Å². The van der Waals surface area contributed by atoms with Gasteiger partial charge in [0.25, 0.3) is 0 Å². The molecular formula is C15H14F4N4. The van der Waals surface area contributed by atoms with E-state index in [-0.39, 0.29) is 11.8 Å². The number of hydrogen-bond donors (Lipinski definition) is 0. The van der Waals surface area contributed by atoms with Crippen LogP contribution in [0.3, 0.4) is 0 Å². The average Bonchev–Trinajstić information content (AvgIpc) is 2.55. The second kappa shape index (κ2) is 6.02. The Balaban J connectivity index is 1.71. The first-order chi connectivity index (χ1) is 10.9. The fourth-order valence-corrected chi connectivity index (χ4v) is 2.51. The highest BCUT2D eigenvalue weighted by atomic mass is 19.4. The van der Waals surface area contributed by atoms with E-state index in [0.29, 0.717) is 31.9 Å². The standard InChI is InChI=1S/C15H14F4N4/c16-11-3-1-2-4-12(11)22-7-9-23(10-8-22)14-20-6-5-13(21-14)15(17,18)19/h1-6H,7-10H2. The number of aromatic nitrogens is 2. The molecule has 0 atom stereocenters. The third-order valence-electron chi connectivity index (χ3n) is 3.69. The van der Waals surface area contributed by atoms with Gasteiger partial charge in [0.15, 0.2) is 0 Å². The van der Waals surface area contributed by atoms with Crippen molar-refractivity contribution in [2.75, 3.05) is 36.0 Å². The van der Waals surface area contributed by atoms with Crippen molar-refractivity contribution < 1.29 is 17.6 Å². The van der Waals surface area contributed by atoms with Gasteiger partial charge in [0.1, 0.15) is 11.5 Å². The van der Waals surface area contributed by atoms with Gasteiger partial charge in [0.2, 0.25) is 5.95 Å². The number of hydrogen-bond acceptors (Lipinski definition) is 4. The molecule has 2 heterocycles. The highest BCUT2D eigenvalue weighted by Crippen LogP contribution is 2.28. The molecule has 1 saturated heterocycles. The van der Waals surface area contributed by atoms with E-state index < -0.39 is 11.9 Å². The van der Waals surface area contributed by atoms with Gasteiger partial charge >= 0.3 is 6.18 Å². The first-order valence-corrected chi connectivity index (χ1v) is 7.10. The molecule has 1 aromatic heterocycles. The summed E-state index contributed by atoms with van der Waals surface area (Å²) < 4.78 is 51.9. The third kappa shape index (κ3) is 3.35. The molecule has 4 nitrogen and oxygen atoms in total. The van der Waals surface area contributed by atoms with E-state index in [1.54, 1.807) is 23.1 Å². The van der Waals surface area contributed by atoms with Crippen LogP contribution in [0.4, 0.5) is 29.2 Å². The van der Waals surface area contributed by atoms with E-state index in [4.69, 9.17) is 0 Å². The summed E-state index contributed by atoms with van der Waals surface area (Å²) in [5.74, 6) is -0.260. The maximum absolute atomic E-state index is 13.8. The van der Waals surface area contributed by atoms with E-state index in [1.165, 1.54) is 6.07 Å². The molecule has 0 bridgehead atoms. The van der Waals surface area contributed by atoms with Crippen LogP contribution in [0.5, 0.6) is 0 Å². The summed E-state index contributed by atoms with van der Waals surface area (Å²) in [4.78, 5) is 11.0. The summed E-state index contributed by atoms with van der Waals surface area (Å²) in [7, 11) is 0. The molecule has 1 aromatic carbocycles. The zero-order chi connectivity index (χ0) is 16.4. The van der Waals surface area contributed by atoms with E-state index in [0.717, 1.165) is 12.3 Å². The van der Waals surface area contributed by atoms with Crippen molar-refractivity contribution in [3.05, 3.63) is 48.0 Å². The molecule has 0 saturated carbocycles. The number of para-hydroxylation sites is 1. The van der Waals surface area contributed by atoms with Gasteiger partial charge in [-0.2, -0.15) is 13.2 Å². The zero-order valence-corrected chi connectivity index (χ0v) is 12.1. The molecule has 122 valence electrons. The summed E-state index contributed by atoms with van der Waals surface area (Å²) in [6, 6.07) is 7.29. The van der Waals surface area contributed by atoms with Crippen LogP contribution in [0.25, 0.3) is 0 Å². The van der Waals surface area contributed by atoms with Crippen molar-refractivity contribution in [2.24, 2.45) is 0 Å². The van der Waals surface area contributed by atoms with Crippen LogP contribution in [0.2, 0.25) is 0 Å². The first kappa shape index (κ1) is 15.5. The summed E-state index contributed by atoms with van der Waals surface area (Å²) in [5, 5.41) is 0. The predicted octanol–water partition coefficient (Wildman–Crippen LogP) is 2.96. The van der Waals surface area contributed by atoms with Crippen LogP contribution >= 0.6 is 0 Å². The lowest BCUT2D eigenvalue weighted by Gasteiger charge is -2.36. The Kier molecular flexibility index (Phi) is 4.06. The molecule has 0 spiro atoms. The van der Waals surface area contributed by atoms with Gasteiger partial charge in [-0.05, 0) is 18.2 Å². The monoisotopic (exact) mass is 326 g/mol. The van der Waals surface area contributed by atoms with Crippen molar-refractivity contribution in [3.8, 4) is 0 Å². The molecular weight excluding hydrogens is 312 g/mol. The second-order valence-corrected chi connectivity index (χ2v) is 5.17. The van der Waals surface area contributed by atoms with Gasteiger partial charge in [0, 0.05) is 32.4 Å². The number of alkyl halides is 3. The van der Waals surface area contributed by atoms with Crippen LogP contribution in [0, 0.1) is 5.82 Å². The van der Waals surface area contributed by atoms with Gasteiger partial charge in [-0.15, -0.1) is 0 Å². The summed E-state index contributed by atoms with van der Waals surface area (Å²) in [5.41, 5.74) is -0.462. The lowest BCUT2D eigenvalue weighted by molar-refractivity contribution is -0.141. The highest BCUT2D eigenvalue weighted by molar-refractivity contribution is 5.49. The number of halogens is 4. The zero-order valence-electron chi connectivity index (χ0n) is 12.1. The maximum Gasteiger partial charge on any atom is 0.433 e. The van der Waals surface area contributed by atoms with Crippen molar-refractivity contribution in [2.45, 2.75) is 6.18 Å². The fraction of sp³-hybridized carbons (Fsp3) is 0.333. The highest BCUT2D eigenvalue weighted by Gasteiger charge is 2.33. The molecule has 3 rings (SSSR count). The predicted molar refractivity (Wildman–Crippen MR) is 77.9 cm³/mol. The Bertz CT molecular complexity index is 681. The summed E-state index contributed by atoms with van der Waals surface area (Å²) >= 11 is 0. The van der Waals surface area contributed by atoms with Crippen LogP contribution in [0.15, 0.2) is 36.5 Å². The number of benzene rings is 1. The Morgan fingerprint density at radius 2 is 1.57 bits per heavy atom. The number of anilines is 2. The van der Waals surface area contributed by atoms with E-state index >= 15 is 0 Å². The molecule has 0 N–H and O–H groups in total. The van der Waals surface area contributed by atoms with Crippen LogP contribution < -0.4 is 9.80 Å². The molecule has 23 heavy (non-hydrogen) atoms. The molecule has 0 aliphatic carbocycles. The molecule has 0 radical (unpaired) electrons. The lowest BCUT2D eigenvalue weighted by Crippen LogP contribution is -2.47. The van der Waals surface area contributed by atoms with Gasteiger partial charge in [0.05, 0.1) is 5.69 Å². The van der Waals surface area contributed by atoms with Crippen molar-refractivity contribution in [1.82, 2.24) is 9.97 Å². The van der Waals surface area contributed by atoms with Gasteiger partial charge in [-0.25, -0.2) is 14.4 Å². The number of nitrogens with zero attached hydrogens (tertiary/aromatic N) is 4. The van der Waals surface area contributed by atoms with Gasteiger partial charge in [-0.3, -0.25) is 0 Å². The average molecular weight is 326 g/mol. The van der Waals surface area contributed by atoms with Gasteiger partial charge in [-0.1, -0.05) is 12.1 Å². The van der Waals surface area contributed by atoms with Gasteiger partial charge < -0.3 is 9.80 Å². The molecule has 0 amide bonds. The minimum absolute atomic E-state index is 0.0491. The van der Waals surface area contributed by atoms with E-state index in [2.05, 4.69) is 9.97 Å². The Morgan fingerprint density at radius 1 is 0.913 bits per heavy atom. The maximum atomic E-state index is 13.8. The minimum Gasteiger partial charge on any atom is -0.366 e. The Morgan fingerprint density at radius 3 is 2.22 bits per heavy atom. The van der Waals surface area contributed by atoms with Crippen molar-refractivity contribution in [1.29, 1.82) is 0 Å². The molecule has 8 heteroatoms. The smallest absolute Gasteiger partial charge is 0.366 e.